The van der Waals surface area contributed by atoms with E-state index >= 15 is 0 Å². The van der Waals surface area contributed by atoms with Gasteiger partial charge in [-0.1, -0.05) is 12.8 Å². The summed E-state index contributed by atoms with van der Waals surface area (Å²) in [4.78, 5) is 26.4. The number of sulfonamides is 1. The number of anilines is 1. The smallest absolute Gasteiger partial charge is 0.326 e. The number of carboxylic acid groups (broad SMARTS) is 1. The Morgan fingerprint density at radius 1 is 1.04 bits per heavy atom. The maximum absolute atomic E-state index is 13.1. The maximum atomic E-state index is 13.1. The van der Waals surface area contributed by atoms with Gasteiger partial charge < -0.3 is 10.0 Å². The molecule has 3 aliphatic rings. The van der Waals surface area contributed by atoms with Crippen molar-refractivity contribution in [3.05, 3.63) is 29.8 Å². The van der Waals surface area contributed by atoms with Crippen molar-refractivity contribution in [2.24, 2.45) is 5.92 Å². The number of amides is 1. The molecule has 3 fully saturated rings. The number of rotatable bonds is 3. The lowest BCUT2D eigenvalue weighted by Crippen LogP contribution is -2.46. The van der Waals surface area contributed by atoms with Gasteiger partial charge in [0.05, 0.1) is 11.4 Å². The lowest BCUT2D eigenvalue weighted by atomic mass is 9.84. The van der Waals surface area contributed by atoms with Crippen LogP contribution < -0.4 is 4.31 Å². The van der Waals surface area contributed by atoms with Gasteiger partial charge in [0.2, 0.25) is 10.0 Å². The van der Waals surface area contributed by atoms with Crippen molar-refractivity contribution in [2.75, 3.05) is 16.6 Å². The van der Waals surface area contributed by atoms with Crippen LogP contribution in [-0.4, -0.2) is 54.7 Å². The van der Waals surface area contributed by atoms with Crippen LogP contribution in [0.25, 0.3) is 0 Å². The minimum absolute atomic E-state index is 0.00835. The Kier molecular flexibility index (Phi) is 4.61. The average Bonchev–Trinajstić information content (AvgIpc) is 3.21. The summed E-state index contributed by atoms with van der Waals surface area (Å²) in [6.07, 6.45) is 5.06. The maximum Gasteiger partial charge on any atom is 0.326 e. The van der Waals surface area contributed by atoms with E-state index in [9.17, 15) is 23.1 Å². The first kappa shape index (κ1) is 18.3. The van der Waals surface area contributed by atoms with Gasteiger partial charge in [0.15, 0.2) is 0 Å². The number of nitrogens with zero attached hydrogens (tertiary/aromatic N) is 2. The Morgan fingerprint density at radius 3 is 2.37 bits per heavy atom. The number of carboxylic acids is 1. The van der Waals surface area contributed by atoms with E-state index < -0.39 is 22.0 Å². The highest BCUT2D eigenvalue weighted by atomic mass is 32.2. The molecule has 2 heterocycles. The van der Waals surface area contributed by atoms with Gasteiger partial charge in [-0.05, 0) is 55.9 Å². The molecule has 2 aliphatic heterocycles. The van der Waals surface area contributed by atoms with Crippen LogP contribution in [0.3, 0.4) is 0 Å². The van der Waals surface area contributed by atoms with E-state index in [2.05, 4.69) is 0 Å². The topological polar surface area (TPSA) is 95.0 Å². The zero-order valence-electron chi connectivity index (χ0n) is 15.1. The number of hydrogen-bond acceptors (Lipinski definition) is 4. The molecule has 27 heavy (non-hydrogen) atoms. The van der Waals surface area contributed by atoms with E-state index in [0.717, 1.165) is 25.7 Å². The van der Waals surface area contributed by atoms with Crippen LogP contribution in [0.2, 0.25) is 0 Å². The third kappa shape index (κ3) is 3.20. The quantitative estimate of drug-likeness (QED) is 0.850. The third-order valence-electron chi connectivity index (χ3n) is 6.11. The van der Waals surface area contributed by atoms with Crippen LogP contribution in [0.5, 0.6) is 0 Å². The molecule has 0 unspecified atom stereocenters. The van der Waals surface area contributed by atoms with Crippen molar-refractivity contribution in [1.82, 2.24) is 4.90 Å². The van der Waals surface area contributed by atoms with Crippen LogP contribution in [0.15, 0.2) is 24.3 Å². The predicted molar refractivity (Wildman–Crippen MR) is 100 cm³/mol. The molecule has 0 aromatic heterocycles. The van der Waals surface area contributed by atoms with Crippen molar-refractivity contribution in [3.63, 3.8) is 0 Å². The fourth-order valence-electron chi connectivity index (χ4n) is 4.82. The molecule has 4 rings (SSSR count). The summed E-state index contributed by atoms with van der Waals surface area (Å²) in [5.41, 5.74) is 0.962. The molecule has 1 aromatic rings. The predicted octanol–water partition coefficient (Wildman–Crippen LogP) is 2.08. The number of carbonyl (C=O) groups is 2. The minimum Gasteiger partial charge on any atom is -0.480 e. The second kappa shape index (κ2) is 6.82. The highest BCUT2D eigenvalue weighted by Crippen LogP contribution is 2.40. The van der Waals surface area contributed by atoms with Crippen molar-refractivity contribution in [2.45, 2.75) is 50.6 Å². The Labute approximate surface area is 159 Å². The van der Waals surface area contributed by atoms with Crippen LogP contribution in [0.1, 0.15) is 48.9 Å². The van der Waals surface area contributed by atoms with Gasteiger partial charge in [0, 0.05) is 18.2 Å². The average molecular weight is 392 g/mol. The molecule has 8 heteroatoms. The summed E-state index contributed by atoms with van der Waals surface area (Å²) < 4.78 is 25.5. The van der Waals surface area contributed by atoms with E-state index in [1.807, 2.05) is 0 Å². The number of aliphatic carboxylic acids is 1. The highest BCUT2D eigenvalue weighted by molar-refractivity contribution is 7.93. The van der Waals surface area contributed by atoms with Gasteiger partial charge in [-0.25, -0.2) is 13.2 Å². The molecule has 0 bridgehead atoms. The van der Waals surface area contributed by atoms with Gasteiger partial charge >= 0.3 is 5.97 Å². The summed E-state index contributed by atoms with van der Waals surface area (Å²) in [5.74, 6) is -0.812. The molecule has 1 N–H and O–H groups in total. The van der Waals surface area contributed by atoms with E-state index in [4.69, 9.17) is 0 Å². The molecule has 0 radical (unpaired) electrons. The third-order valence-corrected chi connectivity index (χ3v) is 7.98. The molecule has 0 spiro atoms. The normalized spacial score (nSPS) is 29.6. The van der Waals surface area contributed by atoms with Crippen LogP contribution in [0, 0.1) is 5.92 Å². The summed E-state index contributed by atoms with van der Waals surface area (Å²) >= 11 is 0. The Balaban J connectivity index is 1.59. The van der Waals surface area contributed by atoms with Gasteiger partial charge in [-0.3, -0.25) is 9.10 Å². The molecule has 1 amide bonds. The fourth-order valence-corrected chi connectivity index (χ4v) is 6.39. The Bertz CT molecular complexity index is 851. The lowest BCUT2D eigenvalue weighted by molar-refractivity contribution is -0.141. The van der Waals surface area contributed by atoms with Crippen molar-refractivity contribution < 1.29 is 23.1 Å². The standard InChI is InChI=1S/C19H24N2O5S/c22-18(21-16-5-2-1-4-14(16)12-17(21)19(23)24)13-6-8-15(9-7-13)20-10-3-11-27(20,25)26/h6-9,14,16-17H,1-5,10-12H2,(H,23,24)/t14-,16-,17+/m1/s1. The lowest BCUT2D eigenvalue weighted by Gasteiger charge is -2.33. The van der Waals surface area contributed by atoms with Crippen molar-refractivity contribution >= 4 is 27.6 Å². The summed E-state index contributed by atoms with van der Waals surface area (Å²) in [5, 5.41) is 9.60. The SMILES string of the molecule is O=C(O)[C@@H]1C[C@H]2CCCC[C@H]2N1C(=O)c1ccc(N2CCCS2(=O)=O)cc1. The number of carbonyl (C=O) groups excluding carboxylic acids is 1. The Morgan fingerprint density at radius 2 is 1.74 bits per heavy atom. The number of likely N-dealkylation sites (tertiary alicyclic amines) is 1. The van der Waals surface area contributed by atoms with E-state index in [1.54, 1.807) is 29.2 Å². The van der Waals surface area contributed by atoms with Gasteiger partial charge in [-0.15, -0.1) is 0 Å². The van der Waals surface area contributed by atoms with E-state index in [1.165, 1.54) is 4.31 Å². The first-order valence-corrected chi connectivity index (χ1v) is 11.2. The van der Waals surface area contributed by atoms with Gasteiger partial charge in [-0.2, -0.15) is 0 Å². The summed E-state index contributed by atoms with van der Waals surface area (Å²) in [6, 6.07) is 5.72. The van der Waals surface area contributed by atoms with Crippen LogP contribution >= 0.6 is 0 Å². The van der Waals surface area contributed by atoms with Crippen molar-refractivity contribution in [3.8, 4) is 0 Å². The molecular weight excluding hydrogens is 368 g/mol. The highest BCUT2D eigenvalue weighted by Gasteiger charge is 2.47. The minimum atomic E-state index is -3.26. The molecule has 1 aromatic carbocycles. The zero-order chi connectivity index (χ0) is 19.2. The molecular formula is C19H24N2O5S. The molecule has 3 atom stereocenters. The molecule has 146 valence electrons. The molecule has 2 saturated heterocycles. The van der Waals surface area contributed by atoms with E-state index in [-0.39, 0.29) is 23.6 Å². The fraction of sp³-hybridized carbons (Fsp3) is 0.579. The molecule has 1 aliphatic carbocycles. The first-order valence-electron chi connectivity index (χ1n) is 9.54. The van der Waals surface area contributed by atoms with Crippen molar-refractivity contribution in [1.29, 1.82) is 0 Å². The summed E-state index contributed by atoms with van der Waals surface area (Å²) in [6.45, 7) is 0.451. The van der Waals surface area contributed by atoms with Crippen LogP contribution in [0.4, 0.5) is 5.69 Å². The number of benzene rings is 1. The molecule has 7 nitrogen and oxygen atoms in total. The second-order valence-corrected chi connectivity index (χ2v) is 9.72. The first-order chi connectivity index (χ1) is 12.9. The van der Waals surface area contributed by atoms with Crippen LogP contribution in [-0.2, 0) is 14.8 Å². The monoisotopic (exact) mass is 392 g/mol. The Hall–Kier alpha value is -2.09. The number of fused-ring (bicyclic) bond motifs is 1. The number of hydrogen-bond donors (Lipinski definition) is 1. The second-order valence-electron chi connectivity index (χ2n) is 7.70. The zero-order valence-corrected chi connectivity index (χ0v) is 15.9. The largest absolute Gasteiger partial charge is 0.480 e. The van der Waals surface area contributed by atoms with Gasteiger partial charge in [0.25, 0.3) is 5.91 Å². The summed E-state index contributed by atoms with van der Waals surface area (Å²) in [7, 11) is -3.26. The van der Waals surface area contributed by atoms with Gasteiger partial charge in [0.1, 0.15) is 6.04 Å². The molecule has 1 saturated carbocycles. The van der Waals surface area contributed by atoms with E-state index in [0.29, 0.717) is 30.6 Å².